The lowest BCUT2D eigenvalue weighted by atomic mass is 9.69. The Morgan fingerprint density at radius 2 is 1.93 bits per heavy atom. The molecule has 0 amide bonds. The minimum absolute atomic E-state index is 0.000490. The van der Waals surface area contributed by atoms with Gasteiger partial charge in [-0.1, -0.05) is 54.6 Å². The van der Waals surface area contributed by atoms with Gasteiger partial charge in [-0.3, -0.25) is 0 Å². The maximum Gasteiger partial charge on any atom is 0.330 e. The number of hydrogen-bond acceptors (Lipinski definition) is 2. The number of benzene rings is 2. The van der Waals surface area contributed by atoms with Crippen molar-refractivity contribution in [2.75, 3.05) is 6.61 Å². The minimum Gasteiger partial charge on any atom is -0.463 e. The second-order valence-electron chi connectivity index (χ2n) is 8.09. The van der Waals surface area contributed by atoms with E-state index < -0.39 is 0 Å². The van der Waals surface area contributed by atoms with Gasteiger partial charge in [0.15, 0.2) is 0 Å². The van der Waals surface area contributed by atoms with Gasteiger partial charge in [0.25, 0.3) is 0 Å². The van der Waals surface area contributed by atoms with Crippen LogP contribution in [0.5, 0.6) is 0 Å². The van der Waals surface area contributed by atoms with Crippen LogP contribution in [0.25, 0.3) is 10.9 Å². The van der Waals surface area contributed by atoms with E-state index in [0.717, 1.165) is 38.5 Å². The SMILES string of the molecule is CCOC(=O)/C=C/C1(CCCc2ccccc2)CCc2[nH]c3ccccc3c2C1. The average Bonchev–Trinajstić information content (AvgIpc) is 3.11. The molecule has 1 atom stereocenters. The molecule has 0 saturated carbocycles. The first-order valence-corrected chi connectivity index (χ1v) is 10.7. The smallest absolute Gasteiger partial charge is 0.330 e. The summed E-state index contributed by atoms with van der Waals surface area (Å²) >= 11 is 0. The molecule has 1 aromatic heterocycles. The third-order valence-corrected chi connectivity index (χ3v) is 6.15. The van der Waals surface area contributed by atoms with Crippen molar-refractivity contribution in [1.82, 2.24) is 4.98 Å². The first-order valence-electron chi connectivity index (χ1n) is 10.7. The summed E-state index contributed by atoms with van der Waals surface area (Å²) in [5.74, 6) is -0.236. The van der Waals surface area contributed by atoms with Crippen LogP contribution in [0.4, 0.5) is 0 Å². The molecule has 3 aromatic rings. The number of carbonyl (C=O) groups is 1. The third-order valence-electron chi connectivity index (χ3n) is 6.15. The first kappa shape index (κ1) is 19.5. The Morgan fingerprint density at radius 1 is 1.14 bits per heavy atom. The summed E-state index contributed by atoms with van der Waals surface area (Å²) < 4.78 is 5.14. The molecule has 150 valence electrons. The van der Waals surface area contributed by atoms with Gasteiger partial charge in [0.05, 0.1) is 6.61 Å². The highest BCUT2D eigenvalue weighted by atomic mass is 16.5. The van der Waals surface area contributed by atoms with E-state index in [-0.39, 0.29) is 11.4 Å². The zero-order valence-corrected chi connectivity index (χ0v) is 17.1. The highest BCUT2D eigenvalue weighted by Gasteiger charge is 2.34. The lowest BCUT2D eigenvalue weighted by Crippen LogP contribution is -2.27. The number of para-hydroxylation sites is 1. The average molecular weight is 388 g/mol. The molecule has 29 heavy (non-hydrogen) atoms. The number of nitrogens with one attached hydrogen (secondary N) is 1. The number of allylic oxidation sites excluding steroid dienone is 1. The standard InChI is InChI=1S/C26H29NO2/c1-2-29-25(28)15-18-26(16-8-11-20-9-4-3-5-10-20)17-14-24-22(19-26)21-12-6-7-13-23(21)27-24/h3-7,9-10,12-13,15,18,27H,2,8,11,14,16-17,19H2,1H3/b18-15+. The van der Waals surface area contributed by atoms with Crippen LogP contribution >= 0.6 is 0 Å². The number of H-pyrrole nitrogens is 1. The van der Waals surface area contributed by atoms with Crippen molar-refractivity contribution in [1.29, 1.82) is 0 Å². The van der Waals surface area contributed by atoms with E-state index in [4.69, 9.17) is 4.74 Å². The van der Waals surface area contributed by atoms with Crippen LogP contribution in [-0.2, 0) is 28.8 Å². The molecule has 0 spiro atoms. The highest BCUT2D eigenvalue weighted by molar-refractivity contribution is 5.85. The monoisotopic (exact) mass is 387 g/mol. The molecule has 1 unspecified atom stereocenters. The number of aryl methyl sites for hydroxylation is 2. The lowest BCUT2D eigenvalue weighted by molar-refractivity contribution is -0.137. The minimum atomic E-state index is -0.236. The summed E-state index contributed by atoms with van der Waals surface area (Å²) in [6.07, 6.45) is 10.1. The fraction of sp³-hybridized carbons (Fsp3) is 0.346. The van der Waals surface area contributed by atoms with Gasteiger partial charge in [0, 0.05) is 22.7 Å². The fourth-order valence-electron chi connectivity index (χ4n) is 4.65. The molecule has 2 aromatic carbocycles. The van der Waals surface area contributed by atoms with E-state index in [1.807, 2.05) is 6.92 Å². The van der Waals surface area contributed by atoms with Gasteiger partial charge < -0.3 is 9.72 Å². The van der Waals surface area contributed by atoms with Gasteiger partial charge in [-0.25, -0.2) is 4.79 Å². The van der Waals surface area contributed by atoms with Gasteiger partial charge in [0.1, 0.15) is 0 Å². The predicted molar refractivity (Wildman–Crippen MR) is 118 cm³/mol. The molecule has 1 N–H and O–H groups in total. The molecular weight excluding hydrogens is 358 g/mol. The first-order chi connectivity index (χ1) is 14.2. The Labute approximate surface area is 172 Å². The second kappa shape index (κ2) is 8.69. The van der Waals surface area contributed by atoms with E-state index in [0.29, 0.717) is 6.61 Å². The van der Waals surface area contributed by atoms with Crippen LogP contribution in [0.1, 0.15) is 43.0 Å². The summed E-state index contributed by atoms with van der Waals surface area (Å²) in [6.45, 7) is 2.26. The van der Waals surface area contributed by atoms with Crippen LogP contribution in [0, 0.1) is 5.41 Å². The summed E-state index contributed by atoms with van der Waals surface area (Å²) in [5, 5.41) is 1.32. The van der Waals surface area contributed by atoms with Crippen molar-refractivity contribution in [2.45, 2.75) is 45.4 Å². The molecule has 0 fully saturated rings. The van der Waals surface area contributed by atoms with Gasteiger partial charge in [-0.15, -0.1) is 0 Å². The molecule has 0 radical (unpaired) electrons. The number of aromatic amines is 1. The molecule has 0 bridgehead atoms. The number of rotatable bonds is 7. The van der Waals surface area contributed by atoms with Crippen molar-refractivity contribution in [3.8, 4) is 0 Å². The quantitative estimate of drug-likeness (QED) is 0.412. The summed E-state index contributed by atoms with van der Waals surface area (Å²) in [4.78, 5) is 15.6. The topological polar surface area (TPSA) is 42.1 Å². The Balaban J connectivity index is 1.57. The van der Waals surface area contributed by atoms with E-state index in [1.165, 1.54) is 27.7 Å². The van der Waals surface area contributed by atoms with Crippen molar-refractivity contribution in [3.63, 3.8) is 0 Å². The van der Waals surface area contributed by atoms with Gasteiger partial charge in [-0.05, 0) is 68.1 Å². The van der Waals surface area contributed by atoms with Gasteiger partial charge in [0.2, 0.25) is 0 Å². The van der Waals surface area contributed by atoms with Crippen molar-refractivity contribution in [2.24, 2.45) is 5.41 Å². The zero-order valence-electron chi connectivity index (χ0n) is 17.1. The van der Waals surface area contributed by atoms with E-state index in [1.54, 1.807) is 6.08 Å². The summed E-state index contributed by atoms with van der Waals surface area (Å²) in [5.41, 5.74) is 5.36. The molecule has 4 rings (SSSR count). The summed E-state index contributed by atoms with van der Waals surface area (Å²) in [7, 11) is 0. The second-order valence-corrected chi connectivity index (χ2v) is 8.09. The maximum atomic E-state index is 12.0. The number of aromatic nitrogens is 1. The fourth-order valence-corrected chi connectivity index (χ4v) is 4.65. The Morgan fingerprint density at radius 3 is 2.76 bits per heavy atom. The Kier molecular flexibility index (Phi) is 5.84. The molecule has 0 aliphatic heterocycles. The predicted octanol–water partition coefficient (Wildman–Crippen LogP) is 5.79. The molecule has 1 heterocycles. The van der Waals surface area contributed by atoms with E-state index in [9.17, 15) is 4.79 Å². The molecule has 1 aliphatic rings. The van der Waals surface area contributed by atoms with Crippen LogP contribution in [0.2, 0.25) is 0 Å². The molecule has 3 heteroatoms. The van der Waals surface area contributed by atoms with Gasteiger partial charge >= 0.3 is 5.97 Å². The molecule has 3 nitrogen and oxygen atoms in total. The Hall–Kier alpha value is -2.81. The van der Waals surface area contributed by atoms with Crippen molar-refractivity contribution < 1.29 is 9.53 Å². The van der Waals surface area contributed by atoms with E-state index in [2.05, 4.69) is 65.7 Å². The molecule has 1 aliphatic carbocycles. The number of hydrogen-bond donors (Lipinski definition) is 1. The molecule has 0 saturated heterocycles. The number of carbonyl (C=O) groups excluding carboxylic acids is 1. The number of esters is 1. The maximum absolute atomic E-state index is 12.0. The molecular formula is C26H29NO2. The van der Waals surface area contributed by atoms with E-state index >= 15 is 0 Å². The van der Waals surface area contributed by atoms with Crippen LogP contribution in [0.3, 0.4) is 0 Å². The number of fused-ring (bicyclic) bond motifs is 3. The lowest BCUT2D eigenvalue weighted by Gasteiger charge is -2.35. The van der Waals surface area contributed by atoms with Crippen LogP contribution in [0.15, 0.2) is 66.7 Å². The highest BCUT2D eigenvalue weighted by Crippen LogP contribution is 2.43. The number of ether oxygens (including phenoxy) is 1. The van der Waals surface area contributed by atoms with Crippen LogP contribution < -0.4 is 0 Å². The van der Waals surface area contributed by atoms with Crippen molar-refractivity contribution >= 4 is 16.9 Å². The van der Waals surface area contributed by atoms with Crippen molar-refractivity contribution in [3.05, 3.63) is 83.6 Å². The Bertz CT molecular complexity index is 1000. The largest absolute Gasteiger partial charge is 0.463 e. The van der Waals surface area contributed by atoms with Crippen LogP contribution in [-0.4, -0.2) is 17.6 Å². The summed E-state index contributed by atoms with van der Waals surface area (Å²) in [6, 6.07) is 19.2. The normalized spacial score (nSPS) is 18.8. The third kappa shape index (κ3) is 4.45. The van der Waals surface area contributed by atoms with Gasteiger partial charge in [-0.2, -0.15) is 0 Å². The zero-order chi connectivity index (χ0) is 20.1.